The molecular weight excluding hydrogens is 523 g/mol. The maximum Gasteiger partial charge on any atom is 0.128 e. The van der Waals surface area contributed by atoms with Gasteiger partial charge in [0.25, 0.3) is 0 Å². The Bertz CT molecular complexity index is 1160. The highest BCUT2D eigenvalue weighted by atomic mass is 35.5. The molecule has 4 rings (SSSR count). The Balaban J connectivity index is 1.29. The largest absolute Gasteiger partial charge is 0.379 e. The van der Waals surface area contributed by atoms with E-state index in [1.807, 2.05) is 18.5 Å². The van der Waals surface area contributed by atoms with Gasteiger partial charge in [0.05, 0.1) is 33.0 Å². The summed E-state index contributed by atoms with van der Waals surface area (Å²) in [6.45, 7) is 5.69. The number of nitrogens with zero attached hydrogens (tertiary/aromatic N) is 3. The second-order valence-electron chi connectivity index (χ2n) is 9.45. The van der Waals surface area contributed by atoms with Gasteiger partial charge in [-0.15, -0.1) is 0 Å². The lowest BCUT2D eigenvalue weighted by atomic mass is 9.84. The van der Waals surface area contributed by atoms with E-state index in [2.05, 4.69) is 52.2 Å². The highest BCUT2D eigenvalue weighted by molar-refractivity contribution is 6.35. The van der Waals surface area contributed by atoms with Crippen molar-refractivity contribution in [2.24, 2.45) is 5.73 Å². The van der Waals surface area contributed by atoms with Crippen molar-refractivity contribution < 1.29 is 14.2 Å². The third-order valence-corrected chi connectivity index (χ3v) is 7.07. The molecule has 0 unspecified atom stereocenters. The van der Waals surface area contributed by atoms with E-state index in [9.17, 15) is 0 Å². The van der Waals surface area contributed by atoms with Crippen LogP contribution in [0.25, 0.3) is 11.1 Å². The molecule has 1 aromatic heterocycles. The molecule has 0 saturated heterocycles. The Morgan fingerprint density at radius 3 is 2.37 bits per heavy atom. The van der Waals surface area contributed by atoms with Gasteiger partial charge >= 0.3 is 0 Å². The smallest absolute Gasteiger partial charge is 0.128 e. The molecule has 2 heterocycles. The number of hydrogen-bond donors (Lipinski definition) is 1. The summed E-state index contributed by atoms with van der Waals surface area (Å²) in [4.78, 5) is 11.5. The molecule has 38 heavy (non-hydrogen) atoms. The van der Waals surface area contributed by atoms with Crippen LogP contribution in [0.3, 0.4) is 0 Å². The maximum absolute atomic E-state index is 6.55. The molecule has 0 fully saturated rings. The minimum atomic E-state index is 0.190. The number of aromatic nitrogens is 2. The van der Waals surface area contributed by atoms with E-state index in [4.69, 9.17) is 43.1 Å². The minimum absolute atomic E-state index is 0.190. The van der Waals surface area contributed by atoms with Gasteiger partial charge in [-0.1, -0.05) is 47.5 Å². The number of fused-ring (bicyclic) bond motifs is 1. The molecule has 1 atom stereocenters. The van der Waals surface area contributed by atoms with Crippen molar-refractivity contribution in [1.82, 2.24) is 14.9 Å². The molecule has 204 valence electrons. The average Bonchev–Trinajstić information content (AvgIpc) is 2.92. The lowest BCUT2D eigenvalue weighted by Gasteiger charge is -2.33. The SMILES string of the molecule is CN1Cc2c(Cl)cc(Cl)cc2[C@H](c2cccc(-c3cnc(CCCOCCOCCOCCN)nc3)c2)C1. The van der Waals surface area contributed by atoms with Gasteiger partial charge in [0, 0.05) is 66.6 Å². The van der Waals surface area contributed by atoms with Crippen LogP contribution in [0, 0.1) is 0 Å². The fraction of sp³-hybridized carbons (Fsp3) is 0.448. The Morgan fingerprint density at radius 2 is 1.63 bits per heavy atom. The zero-order valence-corrected chi connectivity index (χ0v) is 23.4. The van der Waals surface area contributed by atoms with Crippen LogP contribution in [0.5, 0.6) is 0 Å². The molecule has 1 aliphatic heterocycles. The van der Waals surface area contributed by atoms with Crippen molar-refractivity contribution in [3.05, 3.63) is 81.4 Å². The first-order valence-electron chi connectivity index (χ1n) is 13.1. The highest BCUT2D eigenvalue weighted by Crippen LogP contribution is 2.39. The molecule has 9 heteroatoms. The summed E-state index contributed by atoms with van der Waals surface area (Å²) in [6, 6.07) is 12.5. The van der Waals surface area contributed by atoms with E-state index in [-0.39, 0.29) is 5.92 Å². The van der Waals surface area contributed by atoms with Gasteiger partial charge < -0.3 is 24.8 Å². The highest BCUT2D eigenvalue weighted by Gasteiger charge is 2.27. The van der Waals surface area contributed by atoms with Gasteiger partial charge in [-0.05, 0) is 47.9 Å². The van der Waals surface area contributed by atoms with E-state index in [0.717, 1.165) is 53.5 Å². The monoisotopic (exact) mass is 558 g/mol. The number of nitrogens with two attached hydrogens (primary N) is 1. The summed E-state index contributed by atoms with van der Waals surface area (Å²) in [5.74, 6) is 1.00. The second-order valence-corrected chi connectivity index (χ2v) is 10.3. The molecule has 7 nitrogen and oxygen atoms in total. The van der Waals surface area contributed by atoms with Crippen LogP contribution in [-0.4, -0.2) is 74.6 Å². The third-order valence-electron chi connectivity index (χ3n) is 6.52. The maximum atomic E-state index is 6.55. The van der Waals surface area contributed by atoms with E-state index in [1.54, 1.807) is 0 Å². The standard InChI is InChI=1S/C29H36Cl2N4O3/c1-35-19-26(25-15-24(30)16-28(31)27(25)20-35)22-5-2-4-21(14-22)23-17-33-29(34-18-23)6-3-8-36-10-12-38-13-11-37-9-7-32/h2,4-5,14-18,26H,3,6-13,19-20,32H2,1H3/t26-/m0/s1. The number of likely N-dealkylation sites (N-methyl/N-ethyl adjacent to an activating group) is 1. The van der Waals surface area contributed by atoms with Gasteiger partial charge in [0.1, 0.15) is 5.82 Å². The molecule has 1 aliphatic rings. The lowest BCUT2D eigenvalue weighted by Crippen LogP contribution is -2.31. The summed E-state index contributed by atoms with van der Waals surface area (Å²) in [6.07, 6.45) is 5.42. The lowest BCUT2D eigenvalue weighted by molar-refractivity contribution is 0.0155. The summed E-state index contributed by atoms with van der Waals surface area (Å²) in [5, 5.41) is 1.40. The van der Waals surface area contributed by atoms with Gasteiger partial charge in [-0.3, -0.25) is 0 Å². The molecule has 0 saturated carbocycles. The van der Waals surface area contributed by atoms with E-state index < -0.39 is 0 Å². The zero-order valence-electron chi connectivity index (χ0n) is 21.9. The van der Waals surface area contributed by atoms with Crippen molar-refractivity contribution in [3.8, 4) is 11.1 Å². The van der Waals surface area contributed by atoms with Gasteiger partial charge in [0.2, 0.25) is 0 Å². The zero-order chi connectivity index (χ0) is 26.7. The number of benzene rings is 2. The molecule has 0 bridgehead atoms. The molecule has 2 aromatic carbocycles. The number of halogens is 2. The molecule has 0 radical (unpaired) electrons. The molecule has 2 N–H and O–H groups in total. The summed E-state index contributed by atoms with van der Waals surface area (Å²) < 4.78 is 16.3. The van der Waals surface area contributed by atoms with Gasteiger partial charge in [0.15, 0.2) is 0 Å². The first-order chi connectivity index (χ1) is 18.5. The van der Waals surface area contributed by atoms with Gasteiger partial charge in [-0.25, -0.2) is 9.97 Å². The fourth-order valence-electron chi connectivity index (χ4n) is 4.66. The predicted molar refractivity (Wildman–Crippen MR) is 152 cm³/mol. The summed E-state index contributed by atoms with van der Waals surface area (Å²) in [5.41, 5.74) is 11.0. The number of hydrogen-bond acceptors (Lipinski definition) is 7. The van der Waals surface area contributed by atoms with Crippen molar-refractivity contribution in [1.29, 1.82) is 0 Å². The van der Waals surface area contributed by atoms with Crippen molar-refractivity contribution in [2.75, 3.05) is 59.8 Å². The number of rotatable bonds is 14. The number of aryl methyl sites for hydroxylation is 1. The van der Waals surface area contributed by atoms with Crippen LogP contribution < -0.4 is 5.73 Å². The van der Waals surface area contributed by atoms with E-state index >= 15 is 0 Å². The van der Waals surface area contributed by atoms with Crippen molar-refractivity contribution in [3.63, 3.8) is 0 Å². The third kappa shape index (κ3) is 8.20. The minimum Gasteiger partial charge on any atom is -0.379 e. The normalized spacial score (nSPS) is 15.5. The van der Waals surface area contributed by atoms with Crippen LogP contribution >= 0.6 is 23.2 Å². The molecule has 0 spiro atoms. The first kappa shape index (κ1) is 28.9. The second kappa shape index (κ2) is 14.9. The molecule has 0 amide bonds. The Morgan fingerprint density at radius 1 is 0.921 bits per heavy atom. The van der Waals surface area contributed by atoms with Crippen LogP contribution in [0.1, 0.15) is 34.9 Å². The fourth-order valence-corrected chi connectivity index (χ4v) is 5.22. The Kier molecular flexibility index (Phi) is 11.3. The Hall–Kier alpha value is -2.10. The number of ether oxygens (including phenoxy) is 3. The van der Waals surface area contributed by atoms with E-state index in [0.29, 0.717) is 51.2 Å². The first-order valence-corrected chi connectivity index (χ1v) is 13.8. The van der Waals surface area contributed by atoms with E-state index in [1.165, 1.54) is 11.1 Å². The molecule has 0 aliphatic carbocycles. The quantitative estimate of drug-likeness (QED) is 0.280. The molecular formula is C29H36Cl2N4O3. The summed E-state index contributed by atoms with van der Waals surface area (Å²) in [7, 11) is 2.12. The van der Waals surface area contributed by atoms with Crippen LogP contribution in [-0.2, 0) is 27.2 Å². The van der Waals surface area contributed by atoms with Crippen LogP contribution in [0.15, 0.2) is 48.8 Å². The van der Waals surface area contributed by atoms with Crippen molar-refractivity contribution >= 4 is 23.2 Å². The average molecular weight is 560 g/mol. The molecule has 3 aromatic rings. The van der Waals surface area contributed by atoms with Crippen LogP contribution in [0.2, 0.25) is 10.0 Å². The van der Waals surface area contributed by atoms with Crippen molar-refractivity contribution in [2.45, 2.75) is 25.3 Å². The topological polar surface area (TPSA) is 82.7 Å². The van der Waals surface area contributed by atoms with Gasteiger partial charge in [-0.2, -0.15) is 0 Å². The van der Waals surface area contributed by atoms with Crippen LogP contribution in [0.4, 0.5) is 0 Å². The summed E-state index contributed by atoms with van der Waals surface area (Å²) >= 11 is 12.9. The predicted octanol–water partition coefficient (Wildman–Crippen LogP) is 4.97. The Labute approximate surface area is 235 Å².